The molecular weight excluding hydrogens is 126 g/mol. The number of rotatable bonds is 0. The Balaban J connectivity index is 2.00. The molecule has 2 aliphatic carbocycles. The van der Waals surface area contributed by atoms with Gasteiger partial charge in [-0.2, -0.15) is 0 Å². The van der Waals surface area contributed by atoms with Crippen molar-refractivity contribution in [3.05, 3.63) is 0 Å². The zero-order chi connectivity index (χ0) is 7.14. The normalized spacial score (nSPS) is 53.4. The third kappa shape index (κ3) is 0.956. The van der Waals surface area contributed by atoms with Crippen LogP contribution in [-0.4, -0.2) is 17.3 Å². The first-order chi connectivity index (χ1) is 4.75. The standard InChI is InChI=1S/C8H15NO/c9-7-1-5-3-8(10)4-6(5)2-7/h5-8,10H,1-4,9H2/t5-,6+,7?,8?. The maximum Gasteiger partial charge on any atom is 0.0545 e. The van der Waals surface area contributed by atoms with Crippen LogP contribution in [0.25, 0.3) is 0 Å². The first kappa shape index (κ1) is 6.62. The number of hydrogen-bond donors (Lipinski definition) is 2. The van der Waals surface area contributed by atoms with E-state index in [1.54, 1.807) is 0 Å². The minimum Gasteiger partial charge on any atom is -0.393 e. The number of hydrogen-bond acceptors (Lipinski definition) is 2. The fourth-order valence-corrected chi connectivity index (χ4v) is 2.63. The number of nitrogens with two attached hydrogens (primary N) is 1. The van der Waals surface area contributed by atoms with Gasteiger partial charge >= 0.3 is 0 Å². The summed E-state index contributed by atoms with van der Waals surface area (Å²) in [5.74, 6) is 1.51. The molecule has 2 fully saturated rings. The lowest BCUT2D eigenvalue weighted by Crippen LogP contribution is -2.17. The van der Waals surface area contributed by atoms with E-state index < -0.39 is 0 Å². The topological polar surface area (TPSA) is 46.2 Å². The Hall–Kier alpha value is -0.0800. The van der Waals surface area contributed by atoms with Crippen LogP contribution in [0, 0.1) is 11.8 Å². The molecule has 0 aromatic heterocycles. The summed E-state index contributed by atoms with van der Waals surface area (Å²) < 4.78 is 0. The summed E-state index contributed by atoms with van der Waals surface area (Å²) in [7, 11) is 0. The molecule has 58 valence electrons. The lowest BCUT2D eigenvalue weighted by molar-refractivity contribution is 0.171. The third-order valence-electron chi connectivity index (χ3n) is 3.03. The lowest BCUT2D eigenvalue weighted by Gasteiger charge is -2.04. The second-order valence-electron chi connectivity index (χ2n) is 3.88. The minimum atomic E-state index is -0.0116. The molecule has 0 amide bonds. The summed E-state index contributed by atoms with van der Waals surface area (Å²) >= 11 is 0. The minimum absolute atomic E-state index is 0.0116. The Bertz CT molecular complexity index is 109. The lowest BCUT2D eigenvalue weighted by atomic mass is 10.0. The maximum absolute atomic E-state index is 9.28. The second kappa shape index (κ2) is 2.21. The van der Waals surface area contributed by atoms with Gasteiger partial charge in [-0.15, -0.1) is 0 Å². The molecule has 2 rings (SSSR count). The quantitative estimate of drug-likeness (QED) is 0.516. The highest BCUT2D eigenvalue weighted by atomic mass is 16.3. The van der Waals surface area contributed by atoms with Crippen molar-refractivity contribution in [2.24, 2.45) is 17.6 Å². The van der Waals surface area contributed by atoms with Crippen LogP contribution in [0.3, 0.4) is 0 Å². The Morgan fingerprint density at radius 2 is 1.50 bits per heavy atom. The first-order valence-electron chi connectivity index (χ1n) is 4.19. The molecular formula is C8H15NO. The summed E-state index contributed by atoms with van der Waals surface area (Å²) in [6, 6.07) is 0.433. The predicted molar refractivity (Wildman–Crippen MR) is 39.4 cm³/mol. The maximum atomic E-state index is 9.28. The van der Waals surface area contributed by atoms with Crippen LogP contribution in [0.1, 0.15) is 25.7 Å². The van der Waals surface area contributed by atoms with E-state index in [4.69, 9.17) is 5.73 Å². The highest BCUT2D eigenvalue weighted by molar-refractivity contribution is 4.92. The monoisotopic (exact) mass is 141 g/mol. The predicted octanol–water partition coefficient (Wildman–Crippen LogP) is 0.495. The summed E-state index contributed by atoms with van der Waals surface area (Å²) in [4.78, 5) is 0. The number of aliphatic hydroxyl groups is 1. The summed E-state index contributed by atoms with van der Waals surface area (Å²) in [6.07, 6.45) is 4.32. The Labute approximate surface area is 61.4 Å². The van der Waals surface area contributed by atoms with Crippen LogP contribution in [-0.2, 0) is 0 Å². The van der Waals surface area contributed by atoms with Crippen molar-refractivity contribution in [1.29, 1.82) is 0 Å². The van der Waals surface area contributed by atoms with Crippen molar-refractivity contribution in [2.45, 2.75) is 37.8 Å². The SMILES string of the molecule is NC1C[C@@H]2CC(O)C[C@@H]2C1. The van der Waals surface area contributed by atoms with E-state index in [2.05, 4.69) is 0 Å². The van der Waals surface area contributed by atoms with E-state index in [1.165, 1.54) is 0 Å². The van der Waals surface area contributed by atoms with Crippen molar-refractivity contribution in [1.82, 2.24) is 0 Å². The largest absolute Gasteiger partial charge is 0.393 e. The van der Waals surface area contributed by atoms with Gasteiger partial charge in [0.1, 0.15) is 0 Å². The molecule has 0 aromatic carbocycles. The van der Waals surface area contributed by atoms with Gasteiger partial charge in [0.25, 0.3) is 0 Å². The van der Waals surface area contributed by atoms with Gasteiger partial charge in [-0.1, -0.05) is 0 Å². The zero-order valence-electron chi connectivity index (χ0n) is 6.16. The van der Waals surface area contributed by atoms with E-state index >= 15 is 0 Å². The molecule has 2 heteroatoms. The zero-order valence-corrected chi connectivity index (χ0v) is 6.16. The fourth-order valence-electron chi connectivity index (χ4n) is 2.63. The van der Waals surface area contributed by atoms with Gasteiger partial charge in [-0.05, 0) is 37.5 Å². The van der Waals surface area contributed by atoms with Gasteiger partial charge < -0.3 is 10.8 Å². The smallest absolute Gasteiger partial charge is 0.0545 e. The molecule has 0 aromatic rings. The summed E-state index contributed by atoms with van der Waals surface area (Å²) in [5.41, 5.74) is 5.79. The Morgan fingerprint density at radius 3 is 2.00 bits per heavy atom. The molecule has 2 unspecified atom stereocenters. The van der Waals surface area contributed by atoms with Crippen molar-refractivity contribution < 1.29 is 5.11 Å². The molecule has 0 bridgehead atoms. The van der Waals surface area contributed by atoms with Crippen LogP contribution in [0.2, 0.25) is 0 Å². The van der Waals surface area contributed by atoms with Crippen molar-refractivity contribution in [3.8, 4) is 0 Å². The molecule has 2 nitrogen and oxygen atoms in total. The molecule has 3 N–H and O–H groups in total. The van der Waals surface area contributed by atoms with Crippen LogP contribution in [0.4, 0.5) is 0 Å². The molecule has 0 saturated heterocycles. The molecule has 2 saturated carbocycles. The Kier molecular flexibility index (Phi) is 1.46. The van der Waals surface area contributed by atoms with E-state index in [0.29, 0.717) is 6.04 Å². The molecule has 0 radical (unpaired) electrons. The molecule has 0 spiro atoms. The van der Waals surface area contributed by atoms with E-state index in [1.807, 2.05) is 0 Å². The molecule has 0 heterocycles. The van der Waals surface area contributed by atoms with Gasteiger partial charge in [-0.25, -0.2) is 0 Å². The summed E-state index contributed by atoms with van der Waals surface area (Å²) in [6.45, 7) is 0. The van der Waals surface area contributed by atoms with Gasteiger partial charge in [0, 0.05) is 6.04 Å². The molecule has 10 heavy (non-hydrogen) atoms. The third-order valence-corrected chi connectivity index (χ3v) is 3.03. The highest BCUT2D eigenvalue weighted by Crippen LogP contribution is 2.43. The highest BCUT2D eigenvalue weighted by Gasteiger charge is 2.39. The van der Waals surface area contributed by atoms with Crippen molar-refractivity contribution in [2.75, 3.05) is 0 Å². The number of aliphatic hydroxyl groups excluding tert-OH is 1. The average Bonchev–Trinajstić information content (AvgIpc) is 2.21. The van der Waals surface area contributed by atoms with Crippen molar-refractivity contribution in [3.63, 3.8) is 0 Å². The van der Waals surface area contributed by atoms with Gasteiger partial charge in [0.05, 0.1) is 6.10 Å². The van der Waals surface area contributed by atoms with E-state index in [-0.39, 0.29) is 6.10 Å². The molecule has 2 aliphatic rings. The summed E-state index contributed by atoms with van der Waals surface area (Å²) in [5, 5.41) is 9.28. The van der Waals surface area contributed by atoms with Crippen LogP contribution in [0.5, 0.6) is 0 Å². The Morgan fingerprint density at radius 1 is 1.00 bits per heavy atom. The fraction of sp³-hybridized carbons (Fsp3) is 1.00. The molecule has 4 atom stereocenters. The van der Waals surface area contributed by atoms with Crippen molar-refractivity contribution >= 4 is 0 Å². The van der Waals surface area contributed by atoms with Crippen LogP contribution in [0.15, 0.2) is 0 Å². The first-order valence-corrected chi connectivity index (χ1v) is 4.19. The van der Waals surface area contributed by atoms with E-state index in [0.717, 1.165) is 37.5 Å². The van der Waals surface area contributed by atoms with Gasteiger partial charge in [-0.3, -0.25) is 0 Å². The molecule has 0 aliphatic heterocycles. The van der Waals surface area contributed by atoms with E-state index in [9.17, 15) is 5.11 Å². The number of fused-ring (bicyclic) bond motifs is 1. The van der Waals surface area contributed by atoms with Crippen LogP contribution < -0.4 is 5.73 Å². The van der Waals surface area contributed by atoms with Gasteiger partial charge in [0.15, 0.2) is 0 Å². The second-order valence-corrected chi connectivity index (χ2v) is 3.88. The average molecular weight is 141 g/mol. The van der Waals surface area contributed by atoms with Gasteiger partial charge in [0.2, 0.25) is 0 Å². The van der Waals surface area contributed by atoms with Crippen LogP contribution >= 0.6 is 0 Å².